The van der Waals surface area contributed by atoms with Gasteiger partial charge in [0.1, 0.15) is 0 Å². The molecule has 4 nitrogen and oxygen atoms in total. The zero-order chi connectivity index (χ0) is 13.8. The fourth-order valence-electron chi connectivity index (χ4n) is 2.66. The van der Waals surface area contributed by atoms with Gasteiger partial charge in [0.2, 0.25) is 5.91 Å². The first kappa shape index (κ1) is 15.4. The Balaban J connectivity index is 2.17. The van der Waals surface area contributed by atoms with Crippen LogP contribution in [0.4, 0.5) is 0 Å². The van der Waals surface area contributed by atoms with Gasteiger partial charge in [-0.3, -0.25) is 4.79 Å². The molecule has 1 saturated carbocycles. The number of nitrogens with one attached hydrogen (secondary N) is 1. The standard InChI is InChI=1S/C14H28N2O2/c1-14(2,3)8-11(15)7-13(18)16-9-10-4-5-12(17)6-10/h10-12,17H,4-9,15H2,1-3H3,(H,16,18). The molecule has 0 heterocycles. The van der Waals surface area contributed by atoms with E-state index >= 15 is 0 Å². The van der Waals surface area contributed by atoms with Crippen molar-refractivity contribution in [2.24, 2.45) is 17.1 Å². The van der Waals surface area contributed by atoms with Crippen LogP contribution in [0.15, 0.2) is 0 Å². The van der Waals surface area contributed by atoms with E-state index in [0.717, 1.165) is 25.7 Å². The molecule has 1 aliphatic carbocycles. The molecule has 0 spiro atoms. The number of rotatable bonds is 5. The Morgan fingerprint density at radius 3 is 2.61 bits per heavy atom. The molecule has 3 atom stereocenters. The minimum absolute atomic E-state index is 0.0353. The normalized spacial score (nSPS) is 26.1. The molecule has 0 saturated heterocycles. The molecule has 0 aliphatic heterocycles. The maximum atomic E-state index is 11.7. The molecule has 3 unspecified atom stereocenters. The lowest BCUT2D eigenvalue weighted by Gasteiger charge is -2.23. The molecule has 0 bridgehead atoms. The van der Waals surface area contributed by atoms with Crippen molar-refractivity contribution in [2.75, 3.05) is 6.54 Å². The quantitative estimate of drug-likeness (QED) is 0.696. The lowest BCUT2D eigenvalue weighted by atomic mass is 9.87. The maximum Gasteiger partial charge on any atom is 0.221 e. The largest absolute Gasteiger partial charge is 0.393 e. The van der Waals surface area contributed by atoms with Gasteiger partial charge >= 0.3 is 0 Å². The Labute approximate surface area is 110 Å². The number of aliphatic hydroxyl groups excluding tert-OH is 1. The van der Waals surface area contributed by atoms with Crippen LogP contribution in [0.1, 0.15) is 52.9 Å². The number of hydrogen-bond donors (Lipinski definition) is 3. The lowest BCUT2D eigenvalue weighted by Crippen LogP contribution is -2.36. The number of amides is 1. The smallest absolute Gasteiger partial charge is 0.221 e. The van der Waals surface area contributed by atoms with E-state index in [-0.39, 0.29) is 23.5 Å². The highest BCUT2D eigenvalue weighted by Crippen LogP contribution is 2.24. The van der Waals surface area contributed by atoms with Crippen LogP contribution in [0.3, 0.4) is 0 Å². The molecule has 1 aliphatic rings. The average molecular weight is 256 g/mol. The first-order valence-electron chi connectivity index (χ1n) is 6.96. The summed E-state index contributed by atoms with van der Waals surface area (Å²) in [6, 6.07) is -0.0702. The van der Waals surface area contributed by atoms with Crippen molar-refractivity contribution in [3.63, 3.8) is 0 Å². The second kappa shape index (κ2) is 6.53. The summed E-state index contributed by atoms with van der Waals surface area (Å²) in [5.74, 6) is 0.468. The van der Waals surface area contributed by atoms with E-state index in [1.165, 1.54) is 0 Å². The maximum absolute atomic E-state index is 11.7. The Morgan fingerprint density at radius 1 is 1.44 bits per heavy atom. The third-order valence-electron chi connectivity index (χ3n) is 3.42. The second-order valence-electron chi connectivity index (χ2n) is 6.87. The summed E-state index contributed by atoms with van der Waals surface area (Å²) in [6.07, 6.45) is 3.76. The van der Waals surface area contributed by atoms with E-state index in [1.807, 2.05) is 0 Å². The minimum atomic E-state index is -0.171. The monoisotopic (exact) mass is 256 g/mol. The van der Waals surface area contributed by atoms with Crippen LogP contribution in [0, 0.1) is 11.3 Å². The predicted molar refractivity (Wildman–Crippen MR) is 73.0 cm³/mol. The highest BCUT2D eigenvalue weighted by Gasteiger charge is 2.23. The van der Waals surface area contributed by atoms with Gasteiger partial charge < -0.3 is 16.2 Å². The van der Waals surface area contributed by atoms with Gasteiger partial charge in [-0.15, -0.1) is 0 Å². The Bertz CT molecular complexity index is 273. The highest BCUT2D eigenvalue weighted by atomic mass is 16.3. The van der Waals surface area contributed by atoms with E-state index in [9.17, 15) is 9.90 Å². The molecular formula is C14H28N2O2. The van der Waals surface area contributed by atoms with Crippen LogP contribution in [0.2, 0.25) is 0 Å². The minimum Gasteiger partial charge on any atom is -0.393 e. The summed E-state index contributed by atoms with van der Waals surface area (Å²) in [7, 11) is 0. The third kappa shape index (κ3) is 6.36. The number of carbonyl (C=O) groups excluding carboxylic acids is 1. The van der Waals surface area contributed by atoms with Crippen LogP contribution >= 0.6 is 0 Å². The summed E-state index contributed by atoms with van der Waals surface area (Å²) >= 11 is 0. The first-order chi connectivity index (χ1) is 8.26. The van der Waals surface area contributed by atoms with Gasteiger partial charge in [0, 0.05) is 19.0 Å². The van der Waals surface area contributed by atoms with E-state index in [2.05, 4.69) is 26.1 Å². The SMILES string of the molecule is CC(C)(C)CC(N)CC(=O)NCC1CCC(O)C1. The van der Waals surface area contributed by atoms with Crippen LogP contribution < -0.4 is 11.1 Å². The Hall–Kier alpha value is -0.610. The van der Waals surface area contributed by atoms with E-state index in [0.29, 0.717) is 18.9 Å². The number of nitrogens with two attached hydrogens (primary N) is 1. The van der Waals surface area contributed by atoms with Crippen molar-refractivity contribution in [2.45, 2.75) is 65.0 Å². The lowest BCUT2D eigenvalue weighted by molar-refractivity contribution is -0.121. The topological polar surface area (TPSA) is 75.4 Å². The van der Waals surface area contributed by atoms with Gasteiger partial charge in [0.25, 0.3) is 0 Å². The van der Waals surface area contributed by atoms with Gasteiger partial charge in [0.05, 0.1) is 6.10 Å². The molecule has 0 aromatic carbocycles. The number of hydrogen-bond acceptors (Lipinski definition) is 3. The Morgan fingerprint density at radius 2 is 2.11 bits per heavy atom. The van der Waals surface area contributed by atoms with Crippen molar-refractivity contribution in [3.05, 3.63) is 0 Å². The molecule has 4 N–H and O–H groups in total. The summed E-state index contributed by atoms with van der Waals surface area (Å²) in [4.78, 5) is 11.7. The van der Waals surface area contributed by atoms with Crippen molar-refractivity contribution in [3.8, 4) is 0 Å². The van der Waals surface area contributed by atoms with Crippen LogP contribution in [-0.2, 0) is 4.79 Å². The van der Waals surface area contributed by atoms with Crippen molar-refractivity contribution >= 4 is 5.91 Å². The Kier molecular flexibility index (Phi) is 5.60. The van der Waals surface area contributed by atoms with Gasteiger partial charge in [-0.1, -0.05) is 20.8 Å². The molecule has 1 fully saturated rings. The third-order valence-corrected chi connectivity index (χ3v) is 3.42. The molecule has 106 valence electrons. The fourth-order valence-corrected chi connectivity index (χ4v) is 2.66. The van der Waals surface area contributed by atoms with E-state index in [1.54, 1.807) is 0 Å². The molecule has 0 aromatic rings. The van der Waals surface area contributed by atoms with Crippen LogP contribution in [0.25, 0.3) is 0 Å². The molecule has 0 radical (unpaired) electrons. The van der Waals surface area contributed by atoms with Gasteiger partial charge in [-0.2, -0.15) is 0 Å². The van der Waals surface area contributed by atoms with Crippen molar-refractivity contribution in [1.29, 1.82) is 0 Å². The summed E-state index contributed by atoms with van der Waals surface area (Å²) in [5.41, 5.74) is 6.13. The molecule has 4 heteroatoms. The fraction of sp³-hybridized carbons (Fsp3) is 0.929. The van der Waals surface area contributed by atoms with Gasteiger partial charge in [0.15, 0.2) is 0 Å². The van der Waals surface area contributed by atoms with Gasteiger partial charge in [-0.25, -0.2) is 0 Å². The summed E-state index contributed by atoms with van der Waals surface area (Å²) in [6.45, 7) is 7.07. The van der Waals surface area contributed by atoms with Crippen LogP contribution in [-0.4, -0.2) is 29.7 Å². The average Bonchev–Trinajstić information content (AvgIpc) is 2.58. The van der Waals surface area contributed by atoms with E-state index < -0.39 is 0 Å². The molecule has 0 aromatic heterocycles. The number of carbonyl (C=O) groups is 1. The zero-order valence-corrected chi connectivity index (χ0v) is 11.9. The van der Waals surface area contributed by atoms with Gasteiger partial charge in [-0.05, 0) is 37.0 Å². The van der Waals surface area contributed by atoms with Crippen LogP contribution in [0.5, 0.6) is 0 Å². The summed E-state index contributed by atoms with van der Waals surface area (Å²) < 4.78 is 0. The molecule has 1 amide bonds. The first-order valence-corrected chi connectivity index (χ1v) is 6.96. The highest BCUT2D eigenvalue weighted by molar-refractivity contribution is 5.76. The second-order valence-corrected chi connectivity index (χ2v) is 6.87. The van der Waals surface area contributed by atoms with Crippen molar-refractivity contribution < 1.29 is 9.90 Å². The van der Waals surface area contributed by atoms with E-state index in [4.69, 9.17) is 5.73 Å². The summed E-state index contributed by atoms with van der Waals surface area (Å²) in [5, 5.41) is 12.3. The number of aliphatic hydroxyl groups is 1. The molecule has 18 heavy (non-hydrogen) atoms. The molecule has 1 rings (SSSR count). The predicted octanol–water partition coefficient (Wildman–Crippen LogP) is 1.42. The molecular weight excluding hydrogens is 228 g/mol. The van der Waals surface area contributed by atoms with Crippen molar-refractivity contribution in [1.82, 2.24) is 5.32 Å². The zero-order valence-electron chi connectivity index (χ0n) is 11.9.